The van der Waals surface area contributed by atoms with E-state index in [0.717, 1.165) is 45.2 Å². The van der Waals surface area contributed by atoms with Crippen molar-refractivity contribution in [1.82, 2.24) is 25.5 Å². The largest absolute Gasteiger partial charge is 0.458 e. The molecular weight excluding hydrogens is 810 g/mol. The third kappa shape index (κ3) is 6.50. The molecule has 2 aromatic heterocycles. The first kappa shape index (κ1) is 40.6. The average molecular weight is 856 g/mol. The number of pyridine rings is 2. The van der Waals surface area contributed by atoms with Gasteiger partial charge in [-0.15, -0.1) is 0 Å². The molecule has 15 heteroatoms. The number of fused-ring (bicyclic) bond motifs is 8. The molecule has 0 bridgehead atoms. The van der Waals surface area contributed by atoms with Crippen LogP contribution in [0.2, 0.25) is 0 Å². The Morgan fingerprint density at radius 2 is 1.73 bits per heavy atom. The lowest BCUT2D eigenvalue weighted by atomic mass is 9.68. The van der Waals surface area contributed by atoms with Crippen molar-refractivity contribution in [3.05, 3.63) is 121 Å². The summed E-state index contributed by atoms with van der Waals surface area (Å²) in [6.07, 6.45) is 2.19. The molecule has 0 spiro atoms. The fourth-order valence-electron chi connectivity index (χ4n) is 10.3. The highest BCUT2D eigenvalue weighted by atomic mass is 19.1. The summed E-state index contributed by atoms with van der Waals surface area (Å²) >= 11 is 0. The minimum Gasteiger partial charge on any atom is -0.458 e. The van der Waals surface area contributed by atoms with Crippen LogP contribution in [0.5, 0.6) is 0 Å². The molecule has 0 unspecified atom stereocenters. The van der Waals surface area contributed by atoms with Crippen LogP contribution in [0.4, 0.5) is 9.18 Å². The lowest BCUT2D eigenvalue weighted by Gasteiger charge is -2.41. The second-order valence-corrected chi connectivity index (χ2v) is 17.3. The molecule has 0 radical (unpaired) electrons. The number of halogens is 1. The Balaban J connectivity index is 0.803. The van der Waals surface area contributed by atoms with Gasteiger partial charge in [0.1, 0.15) is 32.3 Å². The highest BCUT2D eigenvalue weighted by Gasteiger charge is 2.48. The predicted octanol–water partition coefficient (Wildman–Crippen LogP) is 5.43. The van der Waals surface area contributed by atoms with Crippen LogP contribution < -0.4 is 21.5 Å². The van der Waals surface area contributed by atoms with Crippen molar-refractivity contribution >= 4 is 34.8 Å². The summed E-state index contributed by atoms with van der Waals surface area (Å²) in [6.45, 7) is 2.88. The van der Waals surface area contributed by atoms with Gasteiger partial charge in [0.25, 0.3) is 5.56 Å². The summed E-state index contributed by atoms with van der Waals surface area (Å²) < 4.78 is 33.6. The zero-order valence-corrected chi connectivity index (χ0v) is 34.9. The van der Waals surface area contributed by atoms with Crippen molar-refractivity contribution in [3.63, 3.8) is 0 Å². The standard InChI is InChI=1S/C48H46FN5O9/c1-3-48(60)34-17-38-42-31(20-54(38)43(56)33(34)22-62-45(48)58)41-36(14-13-26-25(2)35(49)18-37(52-42)40(26)41)53-44(57)47(15-8-16-47)23-61-24-51-39(55)19-50-46(59)63-21-32-29-11-6-4-9-27(29)28-10-5-7-12-30(28)32/h4-7,9-12,17-18,32,36,60H,3,8,13-16,19-24H2,1-2H3,(H,50,59)(H,51,55)(H,53,57)/t36-,48-/m0/s1. The van der Waals surface area contributed by atoms with Gasteiger partial charge in [0.05, 0.1) is 47.1 Å². The average Bonchev–Trinajstić information content (AvgIpc) is 3.80. The number of aryl methyl sites for hydroxylation is 1. The van der Waals surface area contributed by atoms with Gasteiger partial charge in [0.15, 0.2) is 5.60 Å². The zero-order chi connectivity index (χ0) is 43.8. The minimum absolute atomic E-state index is 0.00830. The van der Waals surface area contributed by atoms with E-state index in [1.807, 2.05) is 36.4 Å². The minimum atomic E-state index is -2.01. The molecule has 14 nitrogen and oxygen atoms in total. The van der Waals surface area contributed by atoms with Crippen LogP contribution in [0.1, 0.15) is 95.5 Å². The van der Waals surface area contributed by atoms with Crippen molar-refractivity contribution in [2.75, 3.05) is 26.5 Å². The molecule has 3 aliphatic carbocycles. The van der Waals surface area contributed by atoms with Gasteiger partial charge in [-0.2, -0.15) is 0 Å². The van der Waals surface area contributed by atoms with Gasteiger partial charge >= 0.3 is 12.1 Å². The second-order valence-electron chi connectivity index (χ2n) is 17.3. The Labute approximate surface area is 361 Å². The number of hydrogen-bond donors (Lipinski definition) is 4. The maximum absolute atomic E-state index is 15.4. The molecule has 0 saturated heterocycles. The van der Waals surface area contributed by atoms with Crippen LogP contribution in [0, 0.1) is 18.2 Å². The molecule has 10 rings (SSSR count). The number of carbonyl (C=O) groups is 4. The van der Waals surface area contributed by atoms with Crippen LogP contribution in [0.3, 0.4) is 0 Å². The van der Waals surface area contributed by atoms with E-state index in [-0.39, 0.29) is 69.0 Å². The van der Waals surface area contributed by atoms with Crippen LogP contribution in [-0.4, -0.2) is 65.0 Å². The molecule has 5 aromatic rings. The SMILES string of the molecule is CC[C@@]1(O)C(=O)OCc2c1cc1n(c2=O)Cc2c-1nc1cc(F)c(C)c3c1c2[C@@H](NC(=O)C1(COCNC(=O)CNC(=O)OCC2c4ccccc4-c4ccccc42)CCC1)CC3. The van der Waals surface area contributed by atoms with E-state index >= 15 is 4.39 Å². The molecule has 1 fully saturated rings. The van der Waals surface area contributed by atoms with Crippen molar-refractivity contribution in [2.45, 2.75) is 83.1 Å². The number of rotatable bonds is 11. The third-order valence-corrected chi connectivity index (χ3v) is 14.0. The number of benzene rings is 3. The van der Waals surface area contributed by atoms with Crippen molar-refractivity contribution in [2.24, 2.45) is 5.41 Å². The number of amides is 3. The van der Waals surface area contributed by atoms with E-state index in [0.29, 0.717) is 53.7 Å². The quantitative estimate of drug-likeness (QED) is 0.0744. The number of aromatic nitrogens is 2. The highest BCUT2D eigenvalue weighted by molar-refractivity contribution is 5.94. The number of alkyl carbamates (subject to hydrolysis) is 1. The molecule has 63 heavy (non-hydrogen) atoms. The number of carbonyl (C=O) groups excluding carboxylic acids is 4. The monoisotopic (exact) mass is 855 g/mol. The second kappa shape index (κ2) is 15.4. The van der Waals surface area contributed by atoms with Gasteiger partial charge in [0, 0.05) is 28.5 Å². The number of hydrogen-bond acceptors (Lipinski definition) is 10. The lowest BCUT2D eigenvalue weighted by Crippen LogP contribution is -2.50. The van der Waals surface area contributed by atoms with Crippen molar-refractivity contribution in [1.29, 1.82) is 0 Å². The van der Waals surface area contributed by atoms with E-state index in [9.17, 15) is 29.1 Å². The van der Waals surface area contributed by atoms with E-state index in [4.69, 9.17) is 19.2 Å². The number of aliphatic hydroxyl groups is 1. The van der Waals surface area contributed by atoms with Gasteiger partial charge in [-0.3, -0.25) is 14.4 Å². The number of ether oxygens (including phenoxy) is 3. The van der Waals surface area contributed by atoms with Crippen LogP contribution >= 0.6 is 0 Å². The highest BCUT2D eigenvalue weighted by Crippen LogP contribution is 2.48. The number of esters is 1. The van der Waals surface area contributed by atoms with E-state index < -0.39 is 46.4 Å². The Morgan fingerprint density at radius 1 is 1.00 bits per heavy atom. The predicted molar refractivity (Wildman–Crippen MR) is 227 cm³/mol. The van der Waals surface area contributed by atoms with E-state index in [2.05, 4.69) is 28.1 Å². The molecule has 4 heterocycles. The van der Waals surface area contributed by atoms with Crippen LogP contribution in [-0.2, 0) is 53.8 Å². The summed E-state index contributed by atoms with van der Waals surface area (Å²) in [5, 5.41) is 20.6. The van der Waals surface area contributed by atoms with Gasteiger partial charge in [-0.25, -0.2) is 19.0 Å². The first-order valence-corrected chi connectivity index (χ1v) is 21.5. The van der Waals surface area contributed by atoms with E-state index in [1.54, 1.807) is 24.5 Å². The van der Waals surface area contributed by atoms with Crippen molar-refractivity contribution < 1.29 is 42.9 Å². The van der Waals surface area contributed by atoms with Gasteiger partial charge < -0.3 is 39.8 Å². The summed E-state index contributed by atoms with van der Waals surface area (Å²) in [7, 11) is 0. The summed E-state index contributed by atoms with van der Waals surface area (Å²) in [5.41, 5.74) is 5.46. The zero-order valence-electron chi connectivity index (χ0n) is 34.9. The lowest BCUT2D eigenvalue weighted by molar-refractivity contribution is -0.172. The Kier molecular flexibility index (Phi) is 9.94. The van der Waals surface area contributed by atoms with E-state index in [1.165, 1.54) is 6.07 Å². The van der Waals surface area contributed by atoms with Gasteiger partial charge in [-0.05, 0) is 84.0 Å². The molecule has 324 valence electrons. The maximum atomic E-state index is 15.4. The van der Waals surface area contributed by atoms with Crippen molar-refractivity contribution in [3.8, 4) is 22.5 Å². The smallest absolute Gasteiger partial charge is 0.407 e. The Bertz CT molecular complexity index is 2810. The number of cyclic esters (lactones) is 1. The maximum Gasteiger partial charge on any atom is 0.407 e. The van der Waals surface area contributed by atoms with Crippen LogP contribution in [0.25, 0.3) is 33.4 Å². The summed E-state index contributed by atoms with van der Waals surface area (Å²) in [6, 6.07) is 18.5. The molecule has 1 saturated carbocycles. The summed E-state index contributed by atoms with van der Waals surface area (Å²) in [5.74, 6) is -2.05. The fraction of sp³-hybridized carbons (Fsp3) is 0.375. The number of nitrogens with one attached hydrogen (secondary N) is 3. The van der Waals surface area contributed by atoms with Gasteiger partial charge in [-0.1, -0.05) is 61.9 Å². The topological polar surface area (TPSA) is 187 Å². The molecule has 4 N–H and O–H groups in total. The molecule has 3 amide bonds. The van der Waals surface area contributed by atoms with Gasteiger partial charge in [0.2, 0.25) is 11.8 Å². The van der Waals surface area contributed by atoms with Crippen LogP contribution in [0.15, 0.2) is 65.5 Å². The first-order valence-electron chi connectivity index (χ1n) is 21.5. The normalized spacial score (nSPS) is 19.7. The fourth-order valence-corrected chi connectivity index (χ4v) is 10.3. The number of nitrogens with zero attached hydrogens (tertiary/aromatic N) is 2. The Hall–Kier alpha value is -6.45. The molecule has 2 aliphatic heterocycles. The molecule has 2 atom stereocenters. The molecular formula is C48H46FN5O9. The summed E-state index contributed by atoms with van der Waals surface area (Å²) in [4.78, 5) is 71.3. The third-order valence-electron chi connectivity index (χ3n) is 14.0. The first-order chi connectivity index (χ1) is 30.4. The Morgan fingerprint density at radius 3 is 2.43 bits per heavy atom. The molecule has 3 aromatic carbocycles. The molecule has 5 aliphatic rings.